The van der Waals surface area contributed by atoms with Crippen molar-refractivity contribution >= 4 is 23.3 Å². The van der Waals surface area contributed by atoms with E-state index in [4.69, 9.17) is 0 Å². The Morgan fingerprint density at radius 3 is 3.05 bits per heavy atom. The molecule has 1 amide bonds. The minimum Gasteiger partial charge on any atom is -0.353 e. The monoisotopic (exact) mass is 276 g/mol. The third kappa shape index (κ3) is 2.89. The lowest BCUT2D eigenvalue weighted by atomic mass is 10.2. The molecule has 1 aliphatic rings. The Labute approximate surface area is 115 Å². The van der Waals surface area contributed by atoms with Gasteiger partial charge in [0.25, 0.3) is 0 Å². The molecule has 0 spiro atoms. The van der Waals surface area contributed by atoms with E-state index in [1.807, 2.05) is 28.8 Å². The lowest BCUT2D eigenvalue weighted by Gasteiger charge is -2.10. The zero-order valence-corrected chi connectivity index (χ0v) is 11.4. The van der Waals surface area contributed by atoms with Crippen molar-refractivity contribution in [3.05, 3.63) is 24.4 Å². The molecule has 19 heavy (non-hydrogen) atoms. The number of nitrogens with one attached hydrogen (secondary N) is 1. The molecule has 0 aromatic carbocycles. The molecule has 1 aliphatic carbocycles. The zero-order chi connectivity index (χ0) is 13.1. The Morgan fingerprint density at radius 1 is 1.37 bits per heavy atom. The first-order chi connectivity index (χ1) is 9.33. The van der Waals surface area contributed by atoms with Crippen molar-refractivity contribution in [1.82, 2.24) is 19.9 Å². The molecule has 100 valence electrons. The van der Waals surface area contributed by atoms with E-state index in [2.05, 4.69) is 15.5 Å². The van der Waals surface area contributed by atoms with Crippen LogP contribution in [0.2, 0.25) is 0 Å². The van der Waals surface area contributed by atoms with Crippen LogP contribution in [-0.4, -0.2) is 32.3 Å². The maximum absolute atomic E-state index is 11.8. The zero-order valence-electron chi connectivity index (χ0n) is 10.6. The molecule has 1 saturated carbocycles. The summed E-state index contributed by atoms with van der Waals surface area (Å²) in [5.41, 5.74) is 0.807. The van der Waals surface area contributed by atoms with Gasteiger partial charge in [-0.05, 0) is 25.0 Å². The maximum atomic E-state index is 11.8. The average molecular weight is 276 g/mol. The smallest absolute Gasteiger partial charge is 0.230 e. The summed E-state index contributed by atoms with van der Waals surface area (Å²) in [7, 11) is 0. The van der Waals surface area contributed by atoms with Crippen LogP contribution in [0.1, 0.15) is 25.7 Å². The first kappa shape index (κ1) is 12.5. The number of thioether (sulfide) groups is 1. The van der Waals surface area contributed by atoms with Crippen LogP contribution in [0.5, 0.6) is 0 Å². The van der Waals surface area contributed by atoms with Gasteiger partial charge in [0.1, 0.15) is 0 Å². The van der Waals surface area contributed by atoms with Gasteiger partial charge in [0, 0.05) is 12.2 Å². The molecule has 0 bridgehead atoms. The van der Waals surface area contributed by atoms with Crippen molar-refractivity contribution in [2.24, 2.45) is 0 Å². The van der Waals surface area contributed by atoms with Crippen LogP contribution in [0.25, 0.3) is 5.65 Å². The number of amides is 1. The quantitative estimate of drug-likeness (QED) is 0.866. The van der Waals surface area contributed by atoms with Crippen LogP contribution in [0, 0.1) is 0 Å². The van der Waals surface area contributed by atoms with E-state index in [0.29, 0.717) is 11.8 Å². The predicted octanol–water partition coefficient (Wildman–Crippen LogP) is 1.88. The lowest BCUT2D eigenvalue weighted by Crippen LogP contribution is -2.33. The van der Waals surface area contributed by atoms with Gasteiger partial charge in [-0.25, -0.2) is 0 Å². The van der Waals surface area contributed by atoms with Gasteiger partial charge in [0.2, 0.25) is 5.91 Å². The largest absolute Gasteiger partial charge is 0.353 e. The topological polar surface area (TPSA) is 59.3 Å². The fourth-order valence-electron chi connectivity index (χ4n) is 2.39. The van der Waals surface area contributed by atoms with Crippen LogP contribution in [0.3, 0.4) is 0 Å². The average Bonchev–Trinajstić information content (AvgIpc) is 3.05. The van der Waals surface area contributed by atoms with Crippen LogP contribution < -0.4 is 5.32 Å². The van der Waals surface area contributed by atoms with E-state index in [-0.39, 0.29) is 5.91 Å². The molecule has 1 N–H and O–H groups in total. The molecule has 3 rings (SSSR count). The molecule has 0 radical (unpaired) electrons. The molecular weight excluding hydrogens is 260 g/mol. The van der Waals surface area contributed by atoms with Gasteiger partial charge < -0.3 is 5.32 Å². The number of carbonyl (C=O) groups is 1. The van der Waals surface area contributed by atoms with Crippen molar-refractivity contribution in [2.75, 3.05) is 5.75 Å². The number of fused-ring (bicyclic) bond motifs is 1. The fourth-order valence-corrected chi connectivity index (χ4v) is 3.12. The minimum atomic E-state index is 0.0876. The Hall–Kier alpha value is -1.56. The summed E-state index contributed by atoms with van der Waals surface area (Å²) in [6, 6.07) is 6.13. The lowest BCUT2D eigenvalue weighted by molar-refractivity contribution is -0.119. The van der Waals surface area contributed by atoms with Gasteiger partial charge in [0.15, 0.2) is 10.8 Å². The predicted molar refractivity (Wildman–Crippen MR) is 74.1 cm³/mol. The van der Waals surface area contributed by atoms with Crippen molar-refractivity contribution < 1.29 is 4.79 Å². The standard InChI is InChI=1S/C13H16N4OS/c18-12(14-10-5-1-2-6-10)9-19-13-16-15-11-7-3-4-8-17(11)13/h3-4,7-8,10H,1-2,5-6,9H2,(H,14,18). The van der Waals surface area contributed by atoms with E-state index in [1.54, 1.807) is 0 Å². The minimum absolute atomic E-state index is 0.0876. The highest BCUT2D eigenvalue weighted by molar-refractivity contribution is 7.99. The highest BCUT2D eigenvalue weighted by atomic mass is 32.2. The summed E-state index contributed by atoms with van der Waals surface area (Å²) in [6.07, 6.45) is 6.60. The SMILES string of the molecule is O=C(CSc1nnc2ccccn12)NC1CCCC1. The van der Waals surface area contributed by atoms with Gasteiger partial charge in [0.05, 0.1) is 5.75 Å². The summed E-state index contributed by atoms with van der Waals surface area (Å²) in [5.74, 6) is 0.483. The molecular formula is C13H16N4OS. The Kier molecular flexibility index (Phi) is 3.68. The van der Waals surface area contributed by atoms with Crippen molar-refractivity contribution in [3.8, 4) is 0 Å². The molecule has 0 aliphatic heterocycles. The van der Waals surface area contributed by atoms with Crippen LogP contribution in [0.4, 0.5) is 0 Å². The van der Waals surface area contributed by atoms with E-state index >= 15 is 0 Å². The second-order valence-corrected chi connectivity index (χ2v) is 5.69. The van der Waals surface area contributed by atoms with Crippen molar-refractivity contribution in [3.63, 3.8) is 0 Å². The summed E-state index contributed by atoms with van der Waals surface area (Å²) in [5, 5.41) is 12.0. The van der Waals surface area contributed by atoms with Gasteiger partial charge >= 0.3 is 0 Å². The number of hydrogen-bond acceptors (Lipinski definition) is 4. The van der Waals surface area contributed by atoms with Gasteiger partial charge in [-0.3, -0.25) is 9.20 Å². The highest BCUT2D eigenvalue weighted by Crippen LogP contribution is 2.19. The number of pyridine rings is 1. The number of hydrogen-bond donors (Lipinski definition) is 1. The van der Waals surface area contributed by atoms with Crippen LogP contribution >= 0.6 is 11.8 Å². The molecule has 1 fully saturated rings. The van der Waals surface area contributed by atoms with E-state index in [9.17, 15) is 4.79 Å². The van der Waals surface area contributed by atoms with E-state index in [1.165, 1.54) is 24.6 Å². The summed E-state index contributed by atoms with van der Waals surface area (Å²) in [4.78, 5) is 11.8. The molecule has 5 nitrogen and oxygen atoms in total. The third-order valence-corrected chi connectivity index (χ3v) is 4.28. The Morgan fingerprint density at radius 2 is 2.21 bits per heavy atom. The van der Waals surface area contributed by atoms with Crippen LogP contribution in [0.15, 0.2) is 29.6 Å². The fraction of sp³-hybridized carbons (Fsp3) is 0.462. The molecule has 2 aromatic rings. The van der Waals surface area contributed by atoms with E-state index in [0.717, 1.165) is 23.6 Å². The number of carbonyl (C=O) groups excluding carboxylic acids is 1. The molecule has 0 atom stereocenters. The number of nitrogens with zero attached hydrogens (tertiary/aromatic N) is 3. The summed E-state index contributed by atoms with van der Waals surface area (Å²) >= 11 is 1.43. The first-order valence-corrected chi connectivity index (χ1v) is 7.53. The summed E-state index contributed by atoms with van der Waals surface area (Å²) < 4.78 is 1.90. The number of rotatable bonds is 4. The molecule has 0 unspecified atom stereocenters. The normalized spacial score (nSPS) is 16.0. The third-order valence-electron chi connectivity index (χ3n) is 3.34. The second kappa shape index (κ2) is 5.61. The van der Waals surface area contributed by atoms with E-state index < -0.39 is 0 Å². The van der Waals surface area contributed by atoms with Gasteiger partial charge in [-0.15, -0.1) is 10.2 Å². The Bertz CT molecular complexity index is 577. The van der Waals surface area contributed by atoms with Crippen molar-refractivity contribution in [2.45, 2.75) is 36.9 Å². The molecule has 2 aromatic heterocycles. The maximum Gasteiger partial charge on any atom is 0.230 e. The number of aromatic nitrogens is 3. The highest BCUT2D eigenvalue weighted by Gasteiger charge is 2.17. The molecule has 0 saturated heterocycles. The van der Waals surface area contributed by atoms with Crippen molar-refractivity contribution in [1.29, 1.82) is 0 Å². The first-order valence-electron chi connectivity index (χ1n) is 6.55. The molecule has 6 heteroatoms. The Balaban J connectivity index is 1.58. The molecule has 2 heterocycles. The second-order valence-electron chi connectivity index (χ2n) is 4.75. The van der Waals surface area contributed by atoms with Gasteiger partial charge in [-0.2, -0.15) is 0 Å². The van der Waals surface area contributed by atoms with Gasteiger partial charge in [-0.1, -0.05) is 30.7 Å². The summed E-state index contributed by atoms with van der Waals surface area (Å²) in [6.45, 7) is 0. The van der Waals surface area contributed by atoms with Crippen LogP contribution in [-0.2, 0) is 4.79 Å².